The van der Waals surface area contributed by atoms with Crippen molar-refractivity contribution in [1.29, 1.82) is 0 Å². The van der Waals surface area contributed by atoms with Crippen LogP contribution in [0.1, 0.15) is 23.1 Å². The van der Waals surface area contributed by atoms with E-state index in [2.05, 4.69) is 10.0 Å². The standard InChI is InChI=1S/C22H30N2O6S/c1-15-6-7-16(2)20(12-15)31(26,27)24-11-10-23-21(25)9-8-17-13-18(28-3)22(30-5)19(14-17)29-4/h6-7,12-14,24H,8-11H2,1-5H3,(H,23,25). The molecule has 0 aliphatic carbocycles. The monoisotopic (exact) mass is 450 g/mol. The van der Waals surface area contributed by atoms with Gasteiger partial charge >= 0.3 is 0 Å². The molecule has 0 spiro atoms. The number of hydrogen-bond acceptors (Lipinski definition) is 6. The number of benzene rings is 2. The van der Waals surface area contributed by atoms with Gasteiger partial charge in [0.25, 0.3) is 0 Å². The van der Waals surface area contributed by atoms with Gasteiger partial charge in [0.1, 0.15) is 0 Å². The zero-order chi connectivity index (χ0) is 23.0. The molecule has 170 valence electrons. The Labute approximate surface area is 184 Å². The first-order valence-electron chi connectivity index (χ1n) is 9.84. The van der Waals surface area contributed by atoms with Crippen molar-refractivity contribution >= 4 is 15.9 Å². The van der Waals surface area contributed by atoms with E-state index in [9.17, 15) is 13.2 Å². The van der Waals surface area contributed by atoms with Crippen LogP contribution in [-0.4, -0.2) is 48.7 Å². The minimum Gasteiger partial charge on any atom is -0.493 e. The maximum atomic E-state index is 12.5. The summed E-state index contributed by atoms with van der Waals surface area (Å²) in [7, 11) is 0.970. The molecule has 0 heterocycles. The number of rotatable bonds is 11. The van der Waals surface area contributed by atoms with Crippen LogP contribution in [0.2, 0.25) is 0 Å². The maximum Gasteiger partial charge on any atom is 0.240 e. The van der Waals surface area contributed by atoms with Crippen LogP contribution in [0, 0.1) is 13.8 Å². The normalized spacial score (nSPS) is 11.1. The van der Waals surface area contributed by atoms with Crippen molar-refractivity contribution in [2.75, 3.05) is 34.4 Å². The van der Waals surface area contributed by atoms with Gasteiger partial charge in [-0.2, -0.15) is 0 Å². The number of nitrogens with one attached hydrogen (secondary N) is 2. The fourth-order valence-electron chi connectivity index (χ4n) is 3.09. The molecule has 8 nitrogen and oxygen atoms in total. The largest absolute Gasteiger partial charge is 0.493 e. The Morgan fingerprint density at radius 3 is 2.16 bits per heavy atom. The van der Waals surface area contributed by atoms with Crippen LogP contribution in [0.5, 0.6) is 17.2 Å². The van der Waals surface area contributed by atoms with E-state index in [1.807, 2.05) is 13.0 Å². The summed E-state index contributed by atoms with van der Waals surface area (Å²) in [5.41, 5.74) is 2.40. The quantitative estimate of drug-likeness (QED) is 0.510. The second kappa shape index (κ2) is 11.0. The van der Waals surface area contributed by atoms with Gasteiger partial charge in [-0.3, -0.25) is 4.79 Å². The lowest BCUT2D eigenvalue weighted by Crippen LogP contribution is -2.35. The third kappa shape index (κ3) is 6.60. The lowest BCUT2D eigenvalue weighted by atomic mass is 10.1. The molecule has 0 atom stereocenters. The van der Waals surface area contributed by atoms with E-state index in [0.29, 0.717) is 29.2 Å². The minimum absolute atomic E-state index is 0.103. The zero-order valence-electron chi connectivity index (χ0n) is 18.6. The Morgan fingerprint density at radius 2 is 1.58 bits per heavy atom. The van der Waals surface area contributed by atoms with Gasteiger partial charge in [-0.05, 0) is 55.2 Å². The summed E-state index contributed by atoms with van der Waals surface area (Å²) in [6.45, 7) is 3.88. The molecule has 0 saturated carbocycles. The predicted molar refractivity (Wildman–Crippen MR) is 119 cm³/mol. The van der Waals surface area contributed by atoms with E-state index >= 15 is 0 Å². The summed E-state index contributed by atoms with van der Waals surface area (Å²) >= 11 is 0. The molecule has 0 aliphatic heterocycles. The highest BCUT2D eigenvalue weighted by molar-refractivity contribution is 7.89. The number of ether oxygens (including phenoxy) is 3. The second-order valence-electron chi connectivity index (χ2n) is 7.05. The van der Waals surface area contributed by atoms with Gasteiger partial charge in [0.2, 0.25) is 21.7 Å². The molecule has 0 bridgehead atoms. The van der Waals surface area contributed by atoms with Crippen molar-refractivity contribution in [1.82, 2.24) is 10.0 Å². The first-order chi connectivity index (χ1) is 14.7. The topological polar surface area (TPSA) is 103 Å². The van der Waals surface area contributed by atoms with Gasteiger partial charge < -0.3 is 19.5 Å². The van der Waals surface area contributed by atoms with E-state index in [1.165, 1.54) is 21.3 Å². The van der Waals surface area contributed by atoms with Crippen LogP contribution < -0.4 is 24.2 Å². The second-order valence-corrected chi connectivity index (χ2v) is 8.79. The molecule has 2 aromatic carbocycles. The van der Waals surface area contributed by atoms with Crippen LogP contribution in [-0.2, 0) is 21.2 Å². The van der Waals surface area contributed by atoms with Crippen LogP contribution in [0.4, 0.5) is 0 Å². The number of aryl methyl sites for hydroxylation is 3. The van der Waals surface area contributed by atoms with Crippen LogP contribution in [0.25, 0.3) is 0 Å². The molecular weight excluding hydrogens is 420 g/mol. The Bertz CT molecular complexity index is 996. The summed E-state index contributed by atoms with van der Waals surface area (Å²) in [4.78, 5) is 12.4. The van der Waals surface area contributed by atoms with Crippen molar-refractivity contribution in [3.8, 4) is 17.2 Å². The Morgan fingerprint density at radius 1 is 0.935 bits per heavy atom. The SMILES string of the molecule is COc1cc(CCC(=O)NCCNS(=O)(=O)c2cc(C)ccc2C)cc(OC)c1OC. The fraction of sp³-hybridized carbons (Fsp3) is 0.409. The van der Waals surface area contributed by atoms with Crippen LogP contribution in [0.15, 0.2) is 35.2 Å². The van der Waals surface area contributed by atoms with E-state index in [-0.39, 0.29) is 30.3 Å². The lowest BCUT2D eigenvalue weighted by molar-refractivity contribution is -0.121. The first-order valence-corrected chi connectivity index (χ1v) is 11.3. The van der Waals surface area contributed by atoms with Crippen LogP contribution in [0.3, 0.4) is 0 Å². The number of methoxy groups -OCH3 is 3. The summed E-state index contributed by atoms with van der Waals surface area (Å²) in [6, 6.07) is 8.87. The van der Waals surface area contributed by atoms with Crippen LogP contribution >= 0.6 is 0 Å². The molecule has 0 aromatic heterocycles. The Kier molecular flexibility index (Phi) is 8.70. The number of hydrogen-bond donors (Lipinski definition) is 2. The van der Waals surface area contributed by atoms with Gasteiger partial charge in [0, 0.05) is 19.5 Å². The highest BCUT2D eigenvalue weighted by Gasteiger charge is 2.17. The van der Waals surface area contributed by atoms with Gasteiger partial charge in [-0.25, -0.2) is 13.1 Å². The van der Waals surface area contributed by atoms with Gasteiger partial charge in [0.05, 0.1) is 26.2 Å². The lowest BCUT2D eigenvalue weighted by Gasteiger charge is -2.14. The van der Waals surface area contributed by atoms with E-state index < -0.39 is 10.0 Å². The van der Waals surface area contributed by atoms with Crippen molar-refractivity contribution in [2.24, 2.45) is 0 Å². The summed E-state index contributed by atoms with van der Waals surface area (Å²) in [5.74, 6) is 1.37. The summed E-state index contributed by atoms with van der Waals surface area (Å²) < 4.78 is 43.4. The van der Waals surface area contributed by atoms with E-state index in [0.717, 1.165) is 11.1 Å². The highest BCUT2D eigenvalue weighted by atomic mass is 32.2. The molecule has 0 aliphatic rings. The molecule has 1 amide bonds. The smallest absolute Gasteiger partial charge is 0.240 e. The average Bonchev–Trinajstić information content (AvgIpc) is 2.75. The first kappa shape index (κ1) is 24.5. The number of carbonyl (C=O) groups is 1. The van der Waals surface area contributed by atoms with Gasteiger partial charge in [0.15, 0.2) is 11.5 Å². The van der Waals surface area contributed by atoms with E-state index in [4.69, 9.17) is 14.2 Å². The maximum absolute atomic E-state index is 12.5. The zero-order valence-corrected chi connectivity index (χ0v) is 19.4. The highest BCUT2D eigenvalue weighted by Crippen LogP contribution is 2.38. The summed E-state index contributed by atoms with van der Waals surface area (Å²) in [5, 5.41) is 2.73. The molecule has 2 N–H and O–H groups in total. The van der Waals surface area contributed by atoms with Crippen molar-refractivity contribution in [3.63, 3.8) is 0 Å². The predicted octanol–water partition coefficient (Wildman–Crippen LogP) is 2.36. The molecule has 9 heteroatoms. The molecule has 2 rings (SSSR count). The average molecular weight is 451 g/mol. The molecular formula is C22H30N2O6S. The Hall–Kier alpha value is -2.78. The molecule has 0 saturated heterocycles. The third-order valence-corrected chi connectivity index (χ3v) is 6.34. The molecule has 2 aromatic rings. The Balaban J connectivity index is 1.86. The van der Waals surface area contributed by atoms with Crippen molar-refractivity contribution in [2.45, 2.75) is 31.6 Å². The molecule has 0 fully saturated rings. The molecule has 0 unspecified atom stereocenters. The molecule has 0 radical (unpaired) electrons. The number of amides is 1. The molecule has 31 heavy (non-hydrogen) atoms. The third-order valence-electron chi connectivity index (χ3n) is 4.74. The number of sulfonamides is 1. The summed E-state index contributed by atoms with van der Waals surface area (Å²) in [6.07, 6.45) is 0.707. The number of carbonyl (C=O) groups excluding carboxylic acids is 1. The minimum atomic E-state index is -3.63. The van der Waals surface area contributed by atoms with E-state index in [1.54, 1.807) is 31.2 Å². The van der Waals surface area contributed by atoms with Crippen molar-refractivity contribution in [3.05, 3.63) is 47.0 Å². The van der Waals surface area contributed by atoms with Gasteiger partial charge in [-0.1, -0.05) is 12.1 Å². The van der Waals surface area contributed by atoms with Gasteiger partial charge in [-0.15, -0.1) is 0 Å². The fourth-order valence-corrected chi connectivity index (χ4v) is 4.45. The van der Waals surface area contributed by atoms with Crippen molar-refractivity contribution < 1.29 is 27.4 Å².